The summed E-state index contributed by atoms with van der Waals surface area (Å²) in [7, 11) is 3.26. The molecule has 2 aromatic carbocycles. The molecule has 0 radical (unpaired) electrons. The number of fused-ring (bicyclic) bond motifs is 1. The van der Waals surface area contributed by atoms with Crippen molar-refractivity contribution in [3.63, 3.8) is 0 Å². The molecule has 23 heteroatoms. The minimum absolute atomic E-state index is 0. The number of aromatic nitrogens is 1. The van der Waals surface area contributed by atoms with Crippen LogP contribution in [0.15, 0.2) is 60.7 Å². The van der Waals surface area contributed by atoms with Crippen LogP contribution < -0.4 is 52.0 Å². The van der Waals surface area contributed by atoms with E-state index in [9.17, 15) is 38.4 Å². The minimum atomic E-state index is -1.05. The van der Waals surface area contributed by atoms with E-state index in [0.717, 1.165) is 11.1 Å². The van der Waals surface area contributed by atoms with Crippen LogP contribution in [0.25, 0.3) is 0 Å². The quantitative estimate of drug-likeness (QED) is 0.0890. The smallest absolute Gasteiger partial charge is 0.272 e. The first-order chi connectivity index (χ1) is 35.3. The lowest BCUT2D eigenvalue weighted by Crippen LogP contribution is -2.59. The number of aromatic amines is 1. The van der Waals surface area contributed by atoms with Gasteiger partial charge >= 0.3 is 0 Å². The summed E-state index contributed by atoms with van der Waals surface area (Å²) < 4.78 is 11.9. The number of hydrogen-bond donors (Lipinski definition) is 9. The van der Waals surface area contributed by atoms with Gasteiger partial charge < -0.3 is 66.8 Å². The van der Waals surface area contributed by atoms with E-state index in [1.54, 1.807) is 27.9 Å². The highest BCUT2D eigenvalue weighted by molar-refractivity contribution is 6.04. The molecule has 0 unspecified atom stereocenters. The molecule has 424 valence electrons. The van der Waals surface area contributed by atoms with E-state index in [1.165, 1.54) is 9.80 Å². The van der Waals surface area contributed by atoms with Gasteiger partial charge in [0.15, 0.2) is 22.9 Å². The van der Waals surface area contributed by atoms with Gasteiger partial charge in [-0.05, 0) is 76.6 Å². The summed E-state index contributed by atoms with van der Waals surface area (Å²) in [6.07, 6.45) is 0.0282. The van der Waals surface area contributed by atoms with Crippen LogP contribution in [0.3, 0.4) is 0 Å². The van der Waals surface area contributed by atoms with E-state index < -0.39 is 119 Å². The first-order valence-electron chi connectivity index (χ1n) is 25.7. The molecule has 0 spiro atoms. The molecule has 8 amide bonds. The summed E-state index contributed by atoms with van der Waals surface area (Å²) in [5, 5.41) is 23.5. The molecule has 0 saturated carbocycles. The van der Waals surface area contributed by atoms with Crippen molar-refractivity contribution in [2.24, 2.45) is 10.8 Å². The topological polar surface area (TPSA) is 274 Å². The molecule has 3 aliphatic rings. The van der Waals surface area contributed by atoms with E-state index >= 15 is 0 Å². The van der Waals surface area contributed by atoms with Gasteiger partial charge in [-0.2, -0.15) is 0 Å². The number of H-pyrrole nitrogens is 1. The van der Waals surface area contributed by atoms with Crippen molar-refractivity contribution in [1.82, 2.24) is 57.3 Å². The van der Waals surface area contributed by atoms with E-state index in [1.807, 2.05) is 116 Å². The van der Waals surface area contributed by atoms with Gasteiger partial charge in [-0.15, -0.1) is 24.8 Å². The number of carbonyl (C=O) groups is 8. The Morgan fingerprint density at radius 2 is 0.883 bits per heavy atom. The van der Waals surface area contributed by atoms with Crippen molar-refractivity contribution in [3.05, 3.63) is 83.2 Å². The number of nitrogens with zero attached hydrogens (tertiary/aromatic N) is 2. The average molecular weight is 1110 g/mol. The molecule has 10 atom stereocenters. The highest BCUT2D eigenvalue weighted by Gasteiger charge is 2.48. The number of nitrogens with one attached hydrogen (secondary N) is 9. The molecule has 2 fully saturated rings. The summed E-state index contributed by atoms with van der Waals surface area (Å²) in [5.74, 6) is -4.18. The van der Waals surface area contributed by atoms with Gasteiger partial charge in [0.2, 0.25) is 35.4 Å². The number of rotatable bonds is 18. The molecule has 6 rings (SSSR count). The van der Waals surface area contributed by atoms with Crippen LogP contribution in [0.1, 0.15) is 126 Å². The first-order valence-corrected chi connectivity index (χ1v) is 25.7. The van der Waals surface area contributed by atoms with Gasteiger partial charge in [0.25, 0.3) is 11.8 Å². The molecule has 0 bridgehead atoms. The van der Waals surface area contributed by atoms with Crippen molar-refractivity contribution < 1.29 is 47.8 Å². The van der Waals surface area contributed by atoms with Crippen molar-refractivity contribution in [2.45, 2.75) is 142 Å². The first kappa shape index (κ1) is 63.1. The zero-order valence-electron chi connectivity index (χ0n) is 46.1. The highest BCUT2D eigenvalue weighted by atomic mass is 35.5. The molecule has 3 aliphatic heterocycles. The lowest BCUT2D eigenvalue weighted by atomic mass is 9.85. The second kappa shape index (κ2) is 26.8. The van der Waals surface area contributed by atoms with E-state index in [0.29, 0.717) is 0 Å². The molecule has 4 heterocycles. The maximum Gasteiger partial charge on any atom is 0.272 e. The minimum Gasteiger partial charge on any atom is -0.484 e. The largest absolute Gasteiger partial charge is 0.484 e. The van der Waals surface area contributed by atoms with Crippen LogP contribution in [0, 0.1) is 10.8 Å². The Balaban J connectivity index is 0.00000640. The van der Waals surface area contributed by atoms with Gasteiger partial charge in [0, 0.05) is 25.2 Å². The van der Waals surface area contributed by atoms with E-state index in [-0.39, 0.29) is 86.8 Å². The lowest BCUT2D eigenvalue weighted by molar-refractivity contribution is -0.144. The van der Waals surface area contributed by atoms with Gasteiger partial charge in [-0.1, -0.05) is 102 Å². The summed E-state index contributed by atoms with van der Waals surface area (Å²) in [6.45, 7) is 17.8. The van der Waals surface area contributed by atoms with Gasteiger partial charge in [0.1, 0.15) is 37.4 Å². The second-order valence-corrected chi connectivity index (χ2v) is 22.0. The molecule has 2 saturated heterocycles. The number of likely N-dealkylation sites (N-methyl/N-ethyl adjacent to an activating group) is 2. The summed E-state index contributed by atoms with van der Waals surface area (Å²) in [5.41, 5.74) is -0.162. The maximum atomic E-state index is 14.6. The maximum absolute atomic E-state index is 14.6. The van der Waals surface area contributed by atoms with Crippen LogP contribution in [-0.2, 0) is 28.8 Å². The Kier molecular flexibility index (Phi) is 21.9. The van der Waals surface area contributed by atoms with Crippen molar-refractivity contribution >= 4 is 72.1 Å². The molecule has 3 aromatic rings. The third-order valence-corrected chi connectivity index (χ3v) is 14.2. The lowest BCUT2D eigenvalue weighted by Gasteiger charge is -2.36. The Labute approximate surface area is 463 Å². The molecule has 21 nitrogen and oxygen atoms in total. The molecule has 1 aromatic heterocycles. The average Bonchev–Trinajstić information content (AvgIpc) is 4.12. The number of ether oxygens (including phenoxy) is 2. The highest BCUT2D eigenvalue weighted by Crippen LogP contribution is 2.39. The molecular weight excluding hydrogens is 1030 g/mol. The summed E-state index contributed by atoms with van der Waals surface area (Å²) in [4.78, 5) is 119. The van der Waals surface area contributed by atoms with E-state index in [2.05, 4.69) is 47.5 Å². The zero-order chi connectivity index (χ0) is 55.1. The van der Waals surface area contributed by atoms with Crippen LogP contribution in [0.5, 0.6) is 11.5 Å². The fraction of sp³-hybridized carbons (Fsp3) is 0.556. The predicted octanol–water partition coefficient (Wildman–Crippen LogP) is 3.06. The number of likely N-dealkylation sites (tertiary alicyclic amines) is 2. The predicted molar refractivity (Wildman–Crippen MR) is 295 cm³/mol. The Morgan fingerprint density at radius 3 is 1.19 bits per heavy atom. The standard InChI is InChI=1S/C54H77N11O10.2ClH/c1-29(33-19-15-13-16-20-33)57-47(68)37-25-35(27-64(37)51(72)43(53(5,6)7)62-45(66)31(3)55-11)59-49(70)39-41-42(75-24-23-74-41)40(61-39)50(71)60-36-26-38(48(69)58-30(2)34-21-17-14-18-22-34)65(28-36)52(73)44(54(8,9)10)63-46(67)32(4)56-12;;/h13-22,29-32,35-38,43-44,55-56,61H,23-28H2,1-12H3,(H,57,68)(H,58,69)(H,59,70)(H,60,71)(H,62,66)(H,63,67);2*1H/t29-,30-,31+,32+,35+,36+,37+,38+,43-,44-;;/m1../s1. The fourth-order valence-electron chi connectivity index (χ4n) is 9.42. The molecular formula is C54H79Cl2N11O10. The number of carbonyl (C=O) groups excluding carboxylic acids is 8. The third kappa shape index (κ3) is 15.2. The van der Waals surface area contributed by atoms with Crippen molar-refractivity contribution in [1.29, 1.82) is 0 Å². The van der Waals surface area contributed by atoms with Crippen molar-refractivity contribution in [3.8, 4) is 11.5 Å². The van der Waals surface area contributed by atoms with Gasteiger partial charge in [0.05, 0.1) is 24.2 Å². The number of hydrogen-bond acceptors (Lipinski definition) is 12. The van der Waals surface area contributed by atoms with Gasteiger partial charge in [-0.25, -0.2) is 0 Å². The Morgan fingerprint density at radius 1 is 0.545 bits per heavy atom. The number of benzene rings is 2. The van der Waals surface area contributed by atoms with Gasteiger partial charge in [-0.3, -0.25) is 38.4 Å². The monoisotopic (exact) mass is 1110 g/mol. The second-order valence-electron chi connectivity index (χ2n) is 22.0. The molecule has 0 aliphatic carbocycles. The van der Waals surface area contributed by atoms with Crippen LogP contribution in [0.4, 0.5) is 0 Å². The zero-order valence-corrected chi connectivity index (χ0v) is 47.7. The molecule has 77 heavy (non-hydrogen) atoms. The normalized spacial score (nSPS) is 20.3. The van der Waals surface area contributed by atoms with Crippen LogP contribution in [-0.4, -0.2) is 151 Å². The van der Waals surface area contributed by atoms with Crippen molar-refractivity contribution in [2.75, 3.05) is 40.4 Å². The van der Waals surface area contributed by atoms with Crippen LogP contribution in [0.2, 0.25) is 0 Å². The number of amides is 8. The fourth-order valence-corrected chi connectivity index (χ4v) is 9.42. The Bertz CT molecular complexity index is 2400. The molecule has 9 N–H and O–H groups in total. The SMILES string of the molecule is CN[C@@H](C)C(=O)N[C@H](C(=O)N1C[C@@H](NC(=O)c2[nH]c(C(=O)N[C@H]3C[C@@H](C(=O)N[C@H](C)c4ccccc4)N(C(=O)[C@@H](NC(=O)[C@H](C)NC)C(C)(C)C)C3)c3c2OCCO3)C[C@H]1C(=O)N[C@H](C)c1ccccc1)C(C)(C)C.Cl.Cl. The summed E-state index contributed by atoms with van der Waals surface area (Å²) in [6, 6.07) is 10.9. The van der Waals surface area contributed by atoms with Crippen LogP contribution >= 0.6 is 24.8 Å². The third-order valence-electron chi connectivity index (χ3n) is 14.2. The Hall–Kier alpha value is -6.42. The van der Waals surface area contributed by atoms with E-state index in [4.69, 9.17) is 9.47 Å². The summed E-state index contributed by atoms with van der Waals surface area (Å²) >= 11 is 0. The number of halogens is 2.